The molecule has 0 radical (unpaired) electrons. The summed E-state index contributed by atoms with van der Waals surface area (Å²) in [4.78, 5) is 68.1. The molecule has 0 unspecified atom stereocenters. The minimum atomic E-state index is -1.18. The molecule has 274 valence electrons. The molecule has 2 atom stereocenters. The van der Waals surface area contributed by atoms with Gasteiger partial charge in [0.05, 0.1) is 55.1 Å². The van der Waals surface area contributed by atoms with Gasteiger partial charge in [0.15, 0.2) is 0 Å². The molecule has 0 saturated carbocycles. The van der Waals surface area contributed by atoms with Crippen molar-refractivity contribution < 1.29 is 38.5 Å². The van der Waals surface area contributed by atoms with Crippen LogP contribution in [0, 0.1) is 19.8 Å². The quantitative estimate of drug-likeness (QED) is 0.166. The van der Waals surface area contributed by atoms with Crippen molar-refractivity contribution >= 4 is 62.7 Å². The van der Waals surface area contributed by atoms with E-state index < -0.39 is 29.2 Å². The molecule has 3 N–H and O–H groups in total. The molecule has 0 amide bonds. The monoisotopic (exact) mass is 718 g/mol. The highest BCUT2D eigenvalue weighted by atomic mass is 16.5. The lowest BCUT2D eigenvalue weighted by Gasteiger charge is -2.36. The molecular weight excluding hydrogens is 676 g/mol. The standard InChI is InChI=1S/C41H42N4O8/c1-9-23-20(2)29-17-34-27-13-10-26(39(49)52-7)38(40(50)53-8)41(27,5)35(45-34)19-30-22(4)25(12-15-37(48)51-6)33(44-30)18-32-24(11-14-36(46)47)21(3)28(43-32)16-31(23)42-29/h9-10,13,16-19,38,43-44H,1,11-12,14-15H2,2-8H3,(H,46,47)/t38-,41+/m0/s1. The van der Waals surface area contributed by atoms with Crippen molar-refractivity contribution in [1.82, 2.24) is 19.9 Å². The SMILES string of the molecule is C=CC1=C(C)c2cc3nc(cc4[nH]c(cc5[nH]c(cc1n2)c(C)c5CCC(=O)O)c(CCC(=O)OC)c4C)[C@@]1(C)C3=CC=C(C(=O)OC)[C@H]1C(=O)OC. The van der Waals surface area contributed by atoms with E-state index >= 15 is 0 Å². The topological polar surface area (TPSA) is 174 Å². The van der Waals surface area contributed by atoms with E-state index in [1.165, 1.54) is 21.3 Å². The summed E-state index contributed by atoms with van der Waals surface area (Å²) in [7, 11) is 3.89. The number of aromatic nitrogens is 4. The maximum Gasteiger partial charge on any atom is 0.334 e. The number of allylic oxidation sites excluding steroid dienone is 6. The van der Waals surface area contributed by atoms with Gasteiger partial charge in [0, 0.05) is 40.5 Å². The predicted molar refractivity (Wildman–Crippen MR) is 200 cm³/mol. The van der Waals surface area contributed by atoms with E-state index in [-0.39, 0.29) is 30.8 Å². The van der Waals surface area contributed by atoms with Gasteiger partial charge in [-0.2, -0.15) is 0 Å². The zero-order valence-corrected chi connectivity index (χ0v) is 30.9. The third-order valence-corrected chi connectivity index (χ3v) is 10.7. The van der Waals surface area contributed by atoms with Crippen LogP contribution in [0.3, 0.4) is 0 Å². The summed E-state index contributed by atoms with van der Waals surface area (Å²) < 4.78 is 15.4. The molecular formula is C41H42N4O8. The molecule has 53 heavy (non-hydrogen) atoms. The summed E-state index contributed by atoms with van der Waals surface area (Å²) in [5, 5.41) is 9.61. The third-order valence-electron chi connectivity index (χ3n) is 10.7. The van der Waals surface area contributed by atoms with Gasteiger partial charge < -0.3 is 29.3 Å². The fourth-order valence-electron chi connectivity index (χ4n) is 7.69. The zero-order chi connectivity index (χ0) is 38.4. The molecule has 1 aliphatic carbocycles. The van der Waals surface area contributed by atoms with Crippen LogP contribution in [0.4, 0.5) is 0 Å². The molecule has 6 rings (SSSR count). The summed E-state index contributed by atoms with van der Waals surface area (Å²) in [5.74, 6) is -3.66. The average Bonchev–Trinajstić information content (AvgIpc) is 3.79. The highest BCUT2D eigenvalue weighted by Gasteiger charge is 2.53. The van der Waals surface area contributed by atoms with E-state index in [0.717, 1.165) is 38.9 Å². The number of hydrogen-bond acceptors (Lipinski definition) is 9. The molecule has 12 heteroatoms. The summed E-state index contributed by atoms with van der Waals surface area (Å²) in [6, 6.07) is 7.59. The first kappa shape index (κ1) is 36.7. The second-order valence-corrected chi connectivity index (χ2v) is 13.5. The number of methoxy groups -OCH3 is 3. The Kier molecular flexibility index (Phi) is 9.83. The van der Waals surface area contributed by atoms with Crippen molar-refractivity contribution in [2.75, 3.05) is 21.3 Å². The number of carboxylic acid groups (broad SMARTS) is 1. The third kappa shape index (κ3) is 6.28. The van der Waals surface area contributed by atoms with Gasteiger partial charge in [-0.3, -0.25) is 19.4 Å². The van der Waals surface area contributed by atoms with E-state index in [1.807, 2.05) is 52.0 Å². The second-order valence-electron chi connectivity index (χ2n) is 13.5. The Morgan fingerprint density at radius 2 is 1.45 bits per heavy atom. The van der Waals surface area contributed by atoms with E-state index in [0.29, 0.717) is 51.3 Å². The Balaban J connectivity index is 1.78. The lowest BCUT2D eigenvalue weighted by Crippen LogP contribution is -2.42. The summed E-state index contributed by atoms with van der Waals surface area (Å²) >= 11 is 0. The number of nitrogens with zero attached hydrogens (tertiary/aromatic N) is 2. The number of rotatable bonds is 9. The summed E-state index contributed by atoms with van der Waals surface area (Å²) in [5.41, 5.74) is 9.92. The van der Waals surface area contributed by atoms with Gasteiger partial charge in [0.1, 0.15) is 5.92 Å². The first-order chi connectivity index (χ1) is 25.3. The Morgan fingerprint density at radius 1 is 0.811 bits per heavy atom. The Hall–Kier alpha value is -6.04. The maximum atomic E-state index is 13.7. The molecule has 5 heterocycles. The smallest absolute Gasteiger partial charge is 0.334 e. The number of carboxylic acids is 1. The number of H-pyrrole nitrogens is 2. The molecule has 3 aliphatic rings. The number of hydrogen-bond donors (Lipinski definition) is 3. The van der Waals surface area contributed by atoms with Gasteiger partial charge in [-0.1, -0.05) is 24.8 Å². The van der Waals surface area contributed by atoms with Crippen LogP contribution in [-0.2, 0) is 51.6 Å². The van der Waals surface area contributed by atoms with Crippen LogP contribution in [0.25, 0.3) is 38.8 Å². The number of aryl methyl sites for hydroxylation is 4. The molecule has 0 fully saturated rings. The average molecular weight is 719 g/mol. The normalized spacial score (nSPS) is 17.8. The predicted octanol–water partition coefficient (Wildman–Crippen LogP) is 6.41. The minimum absolute atomic E-state index is 0.0715. The van der Waals surface area contributed by atoms with Crippen LogP contribution in [-0.4, -0.2) is 70.2 Å². The fraction of sp³-hybridized carbons (Fsp3) is 0.317. The number of esters is 3. The molecule has 3 aromatic rings. The minimum Gasteiger partial charge on any atom is -0.481 e. The van der Waals surface area contributed by atoms with Crippen LogP contribution in [0.1, 0.15) is 71.7 Å². The van der Waals surface area contributed by atoms with E-state index in [2.05, 4.69) is 16.5 Å². The van der Waals surface area contributed by atoms with E-state index in [9.17, 15) is 24.3 Å². The maximum absolute atomic E-state index is 13.7. The molecule has 0 saturated heterocycles. The first-order valence-electron chi connectivity index (χ1n) is 17.2. The van der Waals surface area contributed by atoms with Gasteiger partial charge in [-0.15, -0.1) is 0 Å². The van der Waals surface area contributed by atoms with E-state index in [4.69, 9.17) is 24.2 Å². The number of fused-ring (bicyclic) bond motifs is 11. The highest BCUT2D eigenvalue weighted by molar-refractivity contribution is 6.02. The number of carbonyl (C=O) groups excluding carboxylic acids is 3. The highest BCUT2D eigenvalue weighted by Crippen LogP contribution is 2.52. The van der Waals surface area contributed by atoms with Crippen LogP contribution in [0.2, 0.25) is 0 Å². The second kappa shape index (κ2) is 14.2. The molecule has 0 spiro atoms. The van der Waals surface area contributed by atoms with Gasteiger partial charge >= 0.3 is 23.9 Å². The van der Waals surface area contributed by atoms with Gasteiger partial charge in [-0.25, -0.2) is 9.78 Å². The fourth-order valence-corrected chi connectivity index (χ4v) is 7.69. The van der Waals surface area contributed by atoms with Crippen LogP contribution >= 0.6 is 0 Å². The Morgan fingerprint density at radius 3 is 2.04 bits per heavy atom. The summed E-state index contributed by atoms with van der Waals surface area (Å²) in [6.07, 6.45) is 5.80. The number of aromatic amines is 2. The molecule has 3 aromatic heterocycles. The number of carbonyl (C=O) groups is 4. The van der Waals surface area contributed by atoms with Gasteiger partial charge in [-0.05, 0) is 98.2 Å². The first-order valence-corrected chi connectivity index (χ1v) is 17.2. The Bertz CT molecular complexity index is 2370. The van der Waals surface area contributed by atoms with Crippen molar-refractivity contribution in [1.29, 1.82) is 0 Å². The van der Waals surface area contributed by atoms with Crippen LogP contribution in [0.15, 0.2) is 54.6 Å². The largest absolute Gasteiger partial charge is 0.481 e. The summed E-state index contributed by atoms with van der Waals surface area (Å²) in [6.45, 7) is 11.8. The van der Waals surface area contributed by atoms with Crippen molar-refractivity contribution in [3.05, 3.63) is 99.7 Å². The number of ether oxygens (including phenoxy) is 3. The van der Waals surface area contributed by atoms with Crippen molar-refractivity contribution in [2.24, 2.45) is 5.92 Å². The van der Waals surface area contributed by atoms with Gasteiger partial charge in [0.2, 0.25) is 0 Å². The Labute approximate surface area is 306 Å². The molecule has 12 nitrogen and oxygen atoms in total. The van der Waals surface area contributed by atoms with Crippen LogP contribution in [0.5, 0.6) is 0 Å². The van der Waals surface area contributed by atoms with Crippen molar-refractivity contribution in [2.45, 2.75) is 58.8 Å². The molecule has 0 aromatic carbocycles. The zero-order valence-electron chi connectivity index (χ0n) is 30.9. The number of nitrogens with one attached hydrogen (secondary N) is 2. The molecule has 2 aliphatic heterocycles. The van der Waals surface area contributed by atoms with Crippen LogP contribution < -0.4 is 0 Å². The van der Waals surface area contributed by atoms with Crippen molar-refractivity contribution in [3.63, 3.8) is 0 Å². The lowest BCUT2D eigenvalue weighted by molar-refractivity contribution is -0.149. The van der Waals surface area contributed by atoms with Crippen molar-refractivity contribution in [3.8, 4) is 0 Å². The molecule has 8 bridgehead atoms. The number of aliphatic carboxylic acids is 1. The van der Waals surface area contributed by atoms with E-state index in [1.54, 1.807) is 18.2 Å². The van der Waals surface area contributed by atoms with Gasteiger partial charge in [0.25, 0.3) is 0 Å². The lowest BCUT2D eigenvalue weighted by atomic mass is 9.64.